The summed E-state index contributed by atoms with van der Waals surface area (Å²) in [6.07, 6.45) is 6.51. The van der Waals surface area contributed by atoms with Gasteiger partial charge in [0.2, 0.25) is 0 Å². The van der Waals surface area contributed by atoms with E-state index in [2.05, 4.69) is 186 Å². The number of aliphatic imine (C=N–C) groups is 1. The molecule has 8 aromatic heterocycles. The molecule has 0 spiro atoms. The van der Waals surface area contributed by atoms with Crippen molar-refractivity contribution in [1.82, 2.24) is 18.8 Å². The fourth-order valence-electron chi connectivity index (χ4n) is 12.4. The third-order valence-corrected chi connectivity index (χ3v) is 15.7. The normalized spacial score (nSPS) is 12.3. The standard InChI is InChI=1S/C34H25N2O.C28H17N2O.C11H8N.Ir/c1-34(2,3)19-20-15-16-35-27(17-20)21-11-13-28-26(18-21)23-8-6-9-25-31-29(36(28)32(23)25)14-12-24-22-7-4-5-10-30(22)37-33(24)31;1-3-22(29-2)16-11-13-23-21(15-16)18-8-6-9-20-26-24(30(23)27(18)20)14-12-19-17-7-4-5-10-25(17)31-28(19)26;1-2-6-10(7-3-1)11-8-4-5-9-12-11;/h4-10,12-18H,19H2,1-3H3;3-10,12-15H,1H2,2H3;1-6,8-9H;/q3*-1;+3. The van der Waals surface area contributed by atoms with Crippen LogP contribution in [0.25, 0.3) is 143 Å². The molecular weight excluding hydrogens is 1170 g/mol. The van der Waals surface area contributed by atoms with Crippen molar-refractivity contribution >= 4 is 126 Å². The summed E-state index contributed by atoms with van der Waals surface area (Å²) in [5, 5.41) is 14.3. The Kier molecular flexibility index (Phi) is 11.9. The van der Waals surface area contributed by atoms with Gasteiger partial charge in [-0.1, -0.05) is 134 Å². The molecule has 0 aliphatic carbocycles. The van der Waals surface area contributed by atoms with Crippen LogP contribution >= 0.6 is 0 Å². The van der Waals surface area contributed by atoms with Gasteiger partial charge < -0.3 is 32.6 Å². The van der Waals surface area contributed by atoms with E-state index in [1.807, 2.05) is 72.9 Å². The molecule has 0 aliphatic heterocycles. The van der Waals surface area contributed by atoms with Gasteiger partial charge in [-0.15, -0.1) is 90.0 Å². The summed E-state index contributed by atoms with van der Waals surface area (Å²) < 4.78 is 17.5. The number of hydrogen-bond donors (Lipinski definition) is 0. The molecule has 0 N–H and O–H groups in total. The third kappa shape index (κ3) is 8.00. The SMILES string of the molecule is C=CC(=NC)c1[c-]cc2c(c1)c1cccc3c4c5oc6ccccc6c5ccc4n2c13.CC(C)(C)Cc1ccnc(-c2[c-]cc3c(c2)c2cccc4c5c6oc7ccccc7c6ccc5n3c24)c1.[Ir+3].[c-]1ccccc1-c1ccccn1. The van der Waals surface area contributed by atoms with Gasteiger partial charge in [-0.05, 0) is 99.3 Å². The topological polar surface area (TPSA) is 73.2 Å². The molecule has 0 fully saturated rings. The zero-order valence-corrected chi connectivity index (χ0v) is 47.3. The van der Waals surface area contributed by atoms with Gasteiger partial charge in [-0.25, -0.2) is 0 Å². The van der Waals surface area contributed by atoms with E-state index < -0.39 is 0 Å². The van der Waals surface area contributed by atoms with Gasteiger partial charge in [-0.3, -0.25) is 0 Å². The minimum Gasteiger partial charge on any atom is -0.455 e. The Balaban J connectivity index is 0.000000121. The molecule has 0 saturated heterocycles. The van der Waals surface area contributed by atoms with E-state index in [4.69, 9.17) is 13.8 Å². The van der Waals surface area contributed by atoms with Crippen molar-refractivity contribution in [3.8, 4) is 22.5 Å². The smallest absolute Gasteiger partial charge is 0.455 e. The Morgan fingerprint density at radius 3 is 1.67 bits per heavy atom. The fourth-order valence-corrected chi connectivity index (χ4v) is 12.4. The Bertz CT molecular complexity index is 5250. The van der Waals surface area contributed by atoms with E-state index in [0.29, 0.717) is 0 Å². The van der Waals surface area contributed by atoms with E-state index in [9.17, 15) is 0 Å². The molecule has 8 heterocycles. The Labute approximate surface area is 480 Å². The van der Waals surface area contributed by atoms with E-state index in [0.717, 1.165) is 101 Å². The summed E-state index contributed by atoms with van der Waals surface area (Å²) in [5.41, 5.74) is 18.2. The van der Waals surface area contributed by atoms with Gasteiger partial charge >= 0.3 is 20.1 Å². The number of aromatic nitrogens is 4. The third-order valence-electron chi connectivity index (χ3n) is 15.7. The van der Waals surface area contributed by atoms with Crippen LogP contribution in [0.15, 0.2) is 227 Å². The zero-order chi connectivity index (χ0) is 53.8. The molecule has 8 heteroatoms. The van der Waals surface area contributed by atoms with Crippen molar-refractivity contribution in [3.63, 3.8) is 0 Å². The van der Waals surface area contributed by atoms with Crippen LogP contribution in [0.4, 0.5) is 0 Å². The first-order valence-corrected chi connectivity index (χ1v) is 27.0. The average molecular weight is 1220 g/mol. The van der Waals surface area contributed by atoms with Gasteiger partial charge in [0.05, 0.1) is 21.8 Å². The predicted octanol–water partition coefficient (Wildman–Crippen LogP) is 18.9. The van der Waals surface area contributed by atoms with Crippen LogP contribution in [0.2, 0.25) is 0 Å². The second-order valence-corrected chi connectivity index (χ2v) is 21.8. The van der Waals surface area contributed by atoms with Crippen LogP contribution in [0.1, 0.15) is 31.9 Å². The molecule has 388 valence electrons. The van der Waals surface area contributed by atoms with Crippen LogP contribution in [0.5, 0.6) is 0 Å². The molecule has 0 aliphatic rings. The minimum absolute atomic E-state index is 0. The molecule has 9 aromatic carbocycles. The summed E-state index contributed by atoms with van der Waals surface area (Å²) in [6, 6.07) is 75.3. The maximum atomic E-state index is 6.43. The van der Waals surface area contributed by atoms with Crippen molar-refractivity contribution < 1.29 is 28.9 Å². The second-order valence-electron chi connectivity index (χ2n) is 21.8. The average Bonchev–Trinajstić information content (AvgIpc) is 2.79. The Hall–Kier alpha value is -9.46. The largest absolute Gasteiger partial charge is 3.00 e. The number of benzene rings is 9. The van der Waals surface area contributed by atoms with Crippen LogP contribution in [-0.4, -0.2) is 31.5 Å². The van der Waals surface area contributed by atoms with E-state index >= 15 is 0 Å². The monoisotopic (exact) mass is 1220 g/mol. The van der Waals surface area contributed by atoms with Crippen LogP contribution in [0, 0.1) is 23.6 Å². The van der Waals surface area contributed by atoms with Crippen LogP contribution in [-0.2, 0) is 26.5 Å². The molecule has 17 rings (SSSR count). The van der Waals surface area contributed by atoms with E-state index in [-0.39, 0.29) is 25.5 Å². The number of pyridine rings is 2. The van der Waals surface area contributed by atoms with Crippen molar-refractivity contribution in [2.45, 2.75) is 27.2 Å². The number of nitrogens with zero attached hydrogens (tertiary/aromatic N) is 5. The summed E-state index contributed by atoms with van der Waals surface area (Å²) in [7, 11) is 1.79. The van der Waals surface area contributed by atoms with E-state index in [1.165, 1.54) is 65.2 Å². The maximum Gasteiger partial charge on any atom is 3.00 e. The van der Waals surface area contributed by atoms with Gasteiger partial charge in [0.15, 0.2) is 0 Å². The first-order chi connectivity index (χ1) is 39.2. The van der Waals surface area contributed by atoms with Crippen molar-refractivity contribution in [1.29, 1.82) is 0 Å². The number of hydrogen-bond acceptors (Lipinski definition) is 5. The number of furan rings is 2. The summed E-state index contributed by atoms with van der Waals surface area (Å²) >= 11 is 0. The first-order valence-electron chi connectivity index (χ1n) is 27.0. The molecule has 0 atom stereocenters. The molecule has 81 heavy (non-hydrogen) atoms. The molecule has 7 nitrogen and oxygen atoms in total. The Morgan fingerprint density at radius 2 is 1.09 bits per heavy atom. The van der Waals surface area contributed by atoms with Gasteiger partial charge in [-0.2, -0.15) is 0 Å². The summed E-state index contributed by atoms with van der Waals surface area (Å²) in [4.78, 5) is 13.3. The van der Waals surface area contributed by atoms with Gasteiger partial charge in [0.1, 0.15) is 22.3 Å². The van der Waals surface area contributed by atoms with Crippen molar-refractivity contribution in [2.75, 3.05) is 7.05 Å². The number of rotatable bonds is 5. The van der Waals surface area contributed by atoms with Gasteiger partial charge in [0, 0.05) is 62.8 Å². The molecule has 0 unspecified atom stereocenters. The molecule has 0 amide bonds. The predicted molar refractivity (Wildman–Crippen MR) is 332 cm³/mol. The minimum atomic E-state index is 0. The fraction of sp³-hybridized carbons (Fsp3) is 0.0822. The number of fused-ring (bicyclic) bond motifs is 20. The number of para-hydroxylation sites is 4. The first kappa shape index (κ1) is 49.8. The molecule has 0 saturated carbocycles. The van der Waals surface area contributed by atoms with Crippen molar-refractivity contribution in [3.05, 3.63) is 242 Å². The Morgan fingerprint density at radius 1 is 0.519 bits per heavy atom. The quantitative estimate of drug-likeness (QED) is 0.127. The molecule has 17 aromatic rings. The van der Waals surface area contributed by atoms with Crippen LogP contribution < -0.4 is 0 Å². The summed E-state index contributed by atoms with van der Waals surface area (Å²) in [6.45, 7) is 10.7. The van der Waals surface area contributed by atoms with E-state index in [1.54, 1.807) is 19.3 Å². The maximum absolute atomic E-state index is 6.43. The molecule has 0 bridgehead atoms. The number of allylic oxidation sites excluding steroid dienone is 1. The van der Waals surface area contributed by atoms with Crippen LogP contribution in [0.3, 0.4) is 0 Å². The molecular formula is C73H50IrN5O2. The summed E-state index contributed by atoms with van der Waals surface area (Å²) in [5.74, 6) is 0. The zero-order valence-electron chi connectivity index (χ0n) is 44.9. The second kappa shape index (κ2) is 19.4. The van der Waals surface area contributed by atoms with Crippen molar-refractivity contribution in [2.24, 2.45) is 10.4 Å². The van der Waals surface area contributed by atoms with Gasteiger partial charge in [0.25, 0.3) is 0 Å². The molecule has 0 radical (unpaired) electrons.